The first-order valence-corrected chi connectivity index (χ1v) is 10.8. The molecule has 0 aliphatic rings. The molecule has 4 nitrogen and oxygen atoms in total. The fraction of sp³-hybridized carbons (Fsp3) is 0.417. The highest BCUT2D eigenvalue weighted by atomic mass is 32.1. The Balaban J connectivity index is 1.76. The van der Waals surface area contributed by atoms with Gasteiger partial charge in [-0.3, -0.25) is 4.90 Å². The fourth-order valence-corrected chi connectivity index (χ4v) is 3.10. The monoisotopic (exact) mass is 431 g/mol. The molecule has 0 unspecified atom stereocenters. The number of thiophene rings is 1. The van der Waals surface area contributed by atoms with Gasteiger partial charge in [0.2, 0.25) is 0 Å². The zero-order chi connectivity index (χ0) is 21.7. The lowest BCUT2D eigenvalue weighted by Gasteiger charge is -2.17. The Hall–Kier alpha value is -2.17. The molecule has 0 aliphatic carbocycles. The second-order valence-corrected chi connectivity index (χ2v) is 7.93. The van der Waals surface area contributed by atoms with Gasteiger partial charge < -0.3 is 13.9 Å². The maximum atomic E-state index is 12.9. The van der Waals surface area contributed by atoms with Crippen LogP contribution in [0.4, 0.5) is 4.39 Å². The molecule has 0 amide bonds. The molecule has 0 N–H and O–H groups in total. The van der Waals surface area contributed by atoms with E-state index in [0.717, 1.165) is 11.5 Å². The standard InChI is InChI=1S/C24H30FNO3S/c1-24(2,27-3)12-5-4-6-14-26(15-13-25)18-22-9-10-23(29-22)19-28-16-7-8-21-11-17-30-20-21/h4,6-11,17,20H,13-16,18-19H2,1-3H3/b6-4+,8-7+. The first kappa shape index (κ1) is 24.1. The normalized spacial score (nSPS) is 12.2. The SMILES string of the molecule is COC(C)(C)C#C/C=C/CN(CCF)Cc1ccc(COC/C=C/c2ccsc2)o1. The molecule has 30 heavy (non-hydrogen) atoms. The fourth-order valence-electron chi connectivity index (χ4n) is 2.47. The van der Waals surface area contributed by atoms with Crippen LogP contribution in [-0.2, 0) is 22.6 Å². The van der Waals surface area contributed by atoms with Gasteiger partial charge >= 0.3 is 0 Å². The van der Waals surface area contributed by atoms with E-state index in [-0.39, 0.29) is 0 Å². The van der Waals surface area contributed by atoms with Crippen molar-refractivity contribution in [1.29, 1.82) is 0 Å². The zero-order valence-corrected chi connectivity index (χ0v) is 18.7. The van der Waals surface area contributed by atoms with E-state index >= 15 is 0 Å². The Bertz CT molecular complexity index is 843. The molecule has 0 spiro atoms. The summed E-state index contributed by atoms with van der Waals surface area (Å²) < 4.78 is 29.6. The van der Waals surface area contributed by atoms with Crippen molar-refractivity contribution in [3.05, 3.63) is 64.3 Å². The predicted molar refractivity (Wildman–Crippen MR) is 121 cm³/mol. The van der Waals surface area contributed by atoms with Gasteiger partial charge in [0, 0.05) is 20.2 Å². The number of furan rings is 1. The Kier molecular flexibility index (Phi) is 10.6. The van der Waals surface area contributed by atoms with Crippen molar-refractivity contribution in [3.8, 4) is 11.8 Å². The number of ether oxygens (including phenoxy) is 2. The Morgan fingerprint density at radius 3 is 2.80 bits per heavy atom. The number of allylic oxidation sites excluding steroid dienone is 1. The Labute approximate surface area is 183 Å². The molecule has 0 fully saturated rings. The van der Waals surface area contributed by atoms with E-state index in [1.807, 2.05) is 54.5 Å². The number of nitrogens with zero attached hydrogens (tertiary/aromatic N) is 1. The van der Waals surface area contributed by atoms with Crippen LogP contribution in [-0.4, -0.2) is 44.0 Å². The van der Waals surface area contributed by atoms with E-state index in [1.54, 1.807) is 24.5 Å². The number of alkyl halides is 1. The first-order chi connectivity index (χ1) is 14.5. The summed E-state index contributed by atoms with van der Waals surface area (Å²) in [5.41, 5.74) is 0.703. The first-order valence-electron chi connectivity index (χ1n) is 9.87. The van der Waals surface area contributed by atoms with Crippen molar-refractivity contribution in [2.24, 2.45) is 0 Å². The summed E-state index contributed by atoms with van der Waals surface area (Å²) in [6.07, 6.45) is 7.71. The van der Waals surface area contributed by atoms with Crippen LogP contribution in [0.15, 0.2) is 51.6 Å². The van der Waals surface area contributed by atoms with Crippen LogP contribution in [0.3, 0.4) is 0 Å². The van der Waals surface area contributed by atoms with Crippen LogP contribution in [0.1, 0.15) is 30.9 Å². The van der Waals surface area contributed by atoms with Crippen molar-refractivity contribution >= 4 is 17.4 Å². The predicted octanol–water partition coefficient (Wildman–Crippen LogP) is 5.33. The molecule has 0 atom stereocenters. The van der Waals surface area contributed by atoms with Gasteiger partial charge in [-0.25, -0.2) is 4.39 Å². The van der Waals surface area contributed by atoms with Gasteiger partial charge in [0.1, 0.15) is 30.4 Å². The number of methoxy groups -OCH3 is 1. The van der Waals surface area contributed by atoms with Crippen LogP contribution in [0.2, 0.25) is 0 Å². The maximum absolute atomic E-state index is 12.9. The molecular formula is C24H30FNO3S. The summed E-state index contributed by atoms with van der Waals surface area (Å²) in [6.45, 7) is 5.77. The van der Waals surface area contributed by atoms with E-state index in [0.29, 0.717) is 32.8 Å². The van der Waals surface area contributed by atoms with E-state index < -0.39 is 12.3 Å². The molecule has 0 bridgehead atoms. The summed E-state index contributed by atoms with van der Waals surface area (Å²) in [5.74, 6) is 7.53. The van der Waals surface area contributed by atoms with Gasteiger partial charge in [-0.15, -0.1) is 0 Å². The van der Waals surface area contributed by atoms with Gasteiger partial charge in [-0.05, 0) is 54.4 Å². The molecule has 0 radical (unpaired) electrons. The lowest BCUT2D eigenvalue weighted by Crippen LogP contribution is -2.25. The molecule has 2 aromatic rings. The summed E-state index contributed by atoms with van der Waals surface area (Å²) in [4.78, 5) is 1.96. The zero-order valence-electron chi connectivity index (χ0n) is 17.9. The lowest BCUT2D eigenvalue weighted by molar-refractivity contribution is 0.0742. The highest BCUT2D eigenvalue weighted by molar-refractivity contribution is 7.08. The van der Waals surface area contributed by atoms with Gasteiger partial charge in [0.15, 0.2) is 0 Å². The van der Waals surface area contributed by atoms with Crippen LogP contribution < -0.4 is 0 Å². The van der Waals surface area contributed by atoms with Gasteiger partial charge in [0.05, 0.1) is 13.2 Å². The third kappa shape index (κ3) is 9.55. The molecule has 2 aromatic heterocycles. The molecule has 0 saturated carbocycles. The van der Waals surface area contributed by atoms with Crippen LogP contribution >= 0.6 is 11.3 Å². The largest absolute Gasteiger partial charge is 0.462 e. The molecular weight excluding hydrogens is 401 g/mol. The van der Waals surface area contributed by atoms with Crippen molar-refractivity contribution in [2.75, 3.05) is 33.5 Å². The van der Waals surface area contributed by atoms with Gasteiger partial charge in [-0.2, -0.15) is 11.3 Å². The van der Waals surface area contributed by atoms with Crippen molar-refractivity contribution in [2.45, 2.75) is 32.6 Å². The molecule has 0 aliphatic heterocycles. The number of hydrogen-bond donors (Lipinski definition) is 0. The summed E-state index contributed by atoms with van der Waals surface area (Å²) >= 11 is 1.67. The minimum atomic E-state index is -0.477. The van der Waals surface area contributed by atoms with E-state index in [9.17, 15) is 4.39 Å². The number of halogens is 1. The van der Waals surface area contributed by atoms with E-state index in [4.69, 9.17) is 13.9 Å². The Morgan fingerprint density at radius 2 is 2.07 bits per heavy atom. The highest BCUT2D eigenvalue weighted by Crippen LogP contribution is 2.12. The van der Waals surface area contributed by atoms with Gasteiger partial charge in [0.25, 0.3) is 0 Å². The van der Waals surface area contributed by atoms with Gasteiger partial charge in [-0.1, -0.05) is 30.1 Å². The van der Waals surface area contributed by atoms with Crippen LogP contribution in [0.25, 0.3) is 6.08 Å². The third-order valence-electron chi connectivity index (χ3n) is 4.26. The minimum Gasteiger partial charge on any atom is -0.462 e. The lowest BCUT2D eigenvalue weighted by atomic mass is 10.1. The average Bonchev–Trinajstić information content (AvgIpc) is 3.40. The maximum Gasteiger partial charge on any atom is 0.129 e. The second-order valence-electron chi connectivity index (χ2n) is 7.15. The highest BCUT2D eigenvalue weighted by Gasteiger charge is 2.10. The second kappa shape index (κ2) is 13.2. The van der Waals surface area contributed by atoms with Crippen molar-refractivity contribution in [3.63, 3.8) is 0 Å². The van der Waals surface area contributed by atoms with E-state index in [1.165, 1.54) is 5.56 Å². The minimum absolute atomic E-state index is 0.335. The average molecular weight is 432 g/mol. The van der Waals surface area contributed by atoms with Crippen molar-refractivity contribution < 1.29 is 18.3 Å². The molecule has 0 aromatic carbocycles. The quantitative estimate of drug-likeness (QED) is 0.336. The van der Waals surface area contributed by atoms with E-state index in [2.05, 4.69) is 23.3 Å². The molecule has 6 heteroatoms. The summed E-state index contributed by atoms with van der Waals surface area (Å²) in [7, 11) is 1.63. The topological polar surface area (TPSA) is 34.8 Å². The summed E-state index contributed by atoms with van der Waals surface area (Å²) in [6, 6.07) is 5.88. The van der Waals surface area contributed by atoms with Crippen LogP contribution in [0.5, 0.6) is 0 Å². The third-order valence-corrected chi connectivity index (χ3v) is 4.96. The Morgan fingerprint density at radius 1 is 1.23 bits per heavy atom. The number of hydrogen-bond acceptors (Lipinski definition) is 5. The molecule has 2 rings (SSSR count). The smallest absolute Gasteiger partial charge is 0.129 e. The molecule has 2 heterocycles. The number of rotatable bonds is 12. The van der Waals surface area contributed by atoms with Crippen LogP contribution in [0, 0.1) is 11.8 Å². The summed E-state index contributed by atoms with van der Waals surface area (Å²) in [5, 5.41) is 4.13. The molecule has 0 saturated heterocycles. The van der Waals surface area contributed by atoms with Crippen molar-refractivity contribution in [1.82, 2.24) is 4.90 Å². The molecule has 162 valence electrons.